The van der Waals surface area contributed by atoms with Gasteiger partial charge in [0.1, 0.15) is 45.8 Å². The molecule has 0 saturated heterocycles. The molecule has 0 N–H and O–H groups in total. The summed E-state index contributed by atoms with van der Waals surface area (Å²) in [6.07, 6.45) is 3.63. The third-order valence-corrected chi connectivity index (χ3v) is 24.1. The Bertz CT molecular complexity index is 6740. The first-order valence-electron chi connectivity index (χ1n) is 39.7. The van der Waals surface area contributed by atoms with Gasteiger partial charge in [-0.15, -0.1) is 0 Å². The third-order valence-electron chi connectivity index (χ3n) is 24.1. The minimum atomic E-state index is -0.886. The van der Waals surface area contributed by atoms with E-state index in [0.29, 0.717) is 11.5 Å². The summed E-state index contributed by atoms with van der Waals surface area (Å²) in [4.78, 5) is 4.63. The normalized spacial score (nSPS) is 14.4. The van der Waals surface area contributed by atoms with Crippen LogP contribution in [0.2, 0.25) is 0 Å². The number of benzene rings is 17. The SMILES string of the molecule is C=Cc1ccc(Oc2ccc(C3(c4ccc(F)cc4)c4ccccc4-c4ccc(N(c5ccc(-c6cc(C)c(-c7ccc(N(c8ccc9c(c8)C(c8ccc(F)cc8)(c8ccc(Oc%10ccc(C=C)cc%10)cc8)c8ccccc8-9)c8cccc9c8oc8ccccc89)cc7)cc6C)cc5)c5cccc6c5oc5ccccc56)cc43)cc2)cc1. The molecule has 21 rings (SSSR count). The zero-order valence-corrected chi connectivity index (χ0v) is 64.6. The number of anilines is 6. The maximum atomic E-state index is 15.3. The molecule has 562 valence electrons. The predicted octanol–water partition coefficient (Wildman–Crippen LogP) is 30.3. The van der Waals surface area contributed by atoms with Crippen molar-refractivity contribution in [2.24, 2.45) is 0 Å². The molecule has 2 unspecified atom stereocenters. The van der Waals surface area contributed by atoms with E-state index < -0.39 is 10.8 Å². The average molecular weight is 1530 g/mol. The monoisotopic (exact) mass is 1520 g/mol. The van der Waals surface area contributed by atoms with Crippen LogP contribution in [0.15, 0.2) is 398 Å². The van der Waals surface area contributed by atoms with Gasteiger partial charge in [-0.05, 0) is 271 Å². The zero-order chi connectivity index (χ0) is 79.3. The van der Waals surface area contributed by atoms with E-state index in [4.69, 9.17) is 18.3 Å². The lowest BCUT2D eigenvalue weighted by atomic mass is 9.67. The highest BCUT2D eigenvalue weighted by Crippen LogP contribution is 2.61. The van der Waals surface area contributed by atoms with Gasteiger partial charge in [0.15, 0.2) is 11.2 Å². The Kier molecular flexibility index (Phi) is 17.1. The topological polar surface area (TPSA) is 51.2 Å². The second-order valence-electron chi connectivity index (χ2n) is 30.6. The zero-order valence-electron chi connectivity index (χ0n) is 64.6. The van der Waals surface area contributed by atoms with Crippen molar-refractivity contribution in [3.05, 3.63) is 468 Å². The van der Waals surface area contributed by atoms with Crippen LogP contribution in [0.3, 0.4) is 0 Å². The first-order chi connectivity index (χ1) is 58.0. The Morgan fingerprint density at radius 3 is 0.992 bits per heavy atom. The molecule has 17 aromatic carbocycles. The van der Waals surface area contributed by atoms with Crippen molar-refractivity contribution >= 4 is 90.2 Å². The summed E-state index contributed by atoms with van der Waals surface area (Å²) in [5, 5.41) is 4.09. The number of fused-ring (bicyclic) bond motifs is 12. The third kappa shape index (κ3) is 11.6. The minimum Gasteiger partial charge on any atom is -0.457 e. The van der Waals surface area contributed by atoms with Gasteiger partial charge in [-0.1, -0.05) is 256 Å². The van der Waals surface area contributed by atoms with Gasteiger partial charge in [-0.2, -0.15) is 0 Å². The molecular formula is C110H74F2N2O4. The summed E-state index contributed by atoms with van der Waals surface area (Å²) in [5.41, 5.74) is 28.0. The number of para-hydroxylation sites is 4. The highest BCUT2D eigenvalue weighted by atomic mass is 19.1. The van der Waals surface area contributed by atoms with E-state index >= 15 is 8.78 Å². The summed E-state index contributed by atoms with van der Waals surface area (Å²) >= 11 is 0. The van der Waals surface area contributed by atoms with Crippen LogP contribution in [0.1, 0.15) is 66.8 Å². The summed E-state index contributed by atoms with van der Waals surface area (Å²) < 4.78 is 57.5. The van der Waals surface area contributed by atoms with E-state index in [2.05, 4.69) is 267 Å². The van der Waals surface area contributed by atoms with E-state index in [1.807, 2.05) is 133 Å². The fourth-order valence-electron chi connectivity index (χ4n) is 18.6. The number of aryl methyl sites for hydroxylation is 2. The van der Waals surface area contributed by atoms with Gasteiger partial charge >= 0.3 is 0 Å². The van der Waals surface area contributed by atoms with E-state index in [0.717, 1.165) is 201 Å². The van der Waals surface area contributed by atoms with E-state index in [1.165, 1.54) is 0 Å². The van der Waals surface area contributed by atoms with Gasteiger partial charge in [0.05, 0.1) is 22.2 Å². The fourth-order valence-corrected chi connectivity index (χ4v) is 18.6. The molecule has 2 heterocycles. The molecule has 118 heavy (non-hydrogen) atoms. The number of ether oxygens (including phenoxy) is 2. The number of hydrogen-bond acceptors (Lipinski definition) is 6. The Labute approximate surface area is 682 Å². The smallest absolute Gasteiger partial charge is 0.159 e. The van der Waals surface area contributed by atoms with Crippen molar-refractivity contribution in [3.63, 3.8) is 0 Å². The molecule has 2 aromatic heterocycles. The van der Waals surface area contributed by atoms with Crippen molar-refractivity contribution in [3.8, 4) is 67.5 Å². The van der Waals surface area contributed by atoms with E-state index in [-0.39, 0.29) is 11.6 Å². The van der Waals surface area contributed by atoms with E-state index in [1.54, 1.807) is 24.3 Å². The lowest BCUT2D eigenvalue weighted by Gasteiger charge is -2.35. The summed E-state index contributed by atoms with van der Waals surface area (Å²) in [6, 6.07) is 129. The lowest BCUT2D eigenvalue weighted by Crippen LogP contribution is -2.29. The number of hydrogen-bond donors (Lipinski definition) is 0. The van der Waals surface area contributed by atoms with Crippen molar-refractivity contribution < 1.29 is 27.1 Å². The van der Waals surface area contributed by atoms with Crippen LogP contribution >= 0.6 is 0 Å². The van der Waals surface area contributed by atoms with Gasteiger partial charge in [0.25, 0.3) is 0 Å². The fraction of sp³-hybridized carbons (Fsp3) is 0.0364. The second kappa shape index (κ2) is 28.5. The highest BCUT2D eigenvalue weighted by molar-refractivity contribution is 6.12. The molecule has 6 nitrogen and oxygen atoms in total. The van der Waals surface area contributed by atoms with Crippen LogP contribution in [-0.2, 0) is 10.8 Å². The molecule has 0 bridgehead atoms. The molecule has 2 aliphatic carbocycles. The summed E-state index contributed by atoms with van der Waals surface area (Å²) in [5.74, 6) is 2.20. The van der Waals surface area contributed by atoms with Crippen LogP contribution in [-0.4, -0.2) is 0 Å². The molecule has 0 aliphatic heterocycles. The van der Waals surface area contributed by atoms with Crippen molar-refractivity contribution in [1.82, 2.24) is 0 Å². The minimum absolute atomic E-state index is 0.309. The number of nitrogens with zero attached hydrogens (tertiary/aromatic N) is 2. The van der Waals surface area contributed by atoms with Crippen LogP contribution < -0.4 is 19.3 Å². The van der Waals surface area contributed by atoms with Gasteiger partial charge < -0.3 is 28.1 Å². The molecule has 0 spiro atoms. The molecule has 2 aliphatic rings. The van der Waals surface area contributed by atoms with Gasteiger partial charge in [-0.3, -0.25) is 0 Å². The quantitative estimate of drug-likeness (QED) is 0.0853. The Morgan fingerprint density at radius 2 is 0.610 bits per heavy atom. The molecule has 0 radical (unpaired) electrons. The van der Waals surface area contributed by atoms with Crippen LogP contribution in [0.4, 0.5) is 42.9 Å². The van der Waals surface area contributed by atoms with Crippen molar-refractivity contribution in [2.75, 3.05) is 9.80 Å². The van der Waals surface area contributed by atoms with Crippen molar-refractivity contribution in [2.45, 2.75) is 24.7 Å². The lowest BCUT2D eigenvalue weighted by molar-refractivity contribution is 0.482. The van der Waals surface area contributed by atoms with Crippen LogP contribution in [0, 0.1) is 25.5 Å². The molecule has 8 heteroatoms. The molecular weight excluding hydrogens is 1450 g/mol. The standard InChI is InChI=1S/C110H74F2N2O4/c1-5-71-29-55-85(56-30-71)115-87-59-41-77(42-60-87)109(75-37-45-79(111)46-38-75)99-23-11-7-17-89(99)91-63-53-83(67-101(91)109)113(103-25-15-21-95-93-19-9-13-27-105(93)117-107(95)103)81-49-33-73(34-50-81)97-65-70(4)98(66-69(97)3)74-35-51-82(52-36-74)114(104-26-16-22-96-94-20-10-14-28-106(94)118-108(96)104)84-54-64-92-90-18-8-12-24-100(90)110(102(92)68-84,76-39-47-80(112)48-40-76)78-43-61-88(62-44-78)116-86-57-31-72(6-2)32-58-86/h5-68H,1-2H2,3-4H3. The van der Waals surface area contributed by atoms with Gasteiger partial charge in [0, 0.05) is 44.3 Å². The van der Waals surface area contributed by atoms with Gasteiger partial charge in [0.2, 0.25) is 0 Å². The van der Waals surface area contributed by atoms with Crippen molar-refractivity contribution in [1.29, 1.82) is 0 Å². The molecule has 0 fully saturated rings. The Hall–Kier alpha value is -15.1. The largest absolute Gasteiger partial charge is 0.457 e. The maximum Gasteiger partial charge on any atom is 0.159 e. The molecule has 0 saturated carbocycles. The van der Waals surface area contributed by atoms with E-state index in [9.17, 15) is 0 Å². The molecule has 19 aromatic rings. The first-order valence-corrected chi connectivity index (χ1v) is 39.7. The molecule has 2 atom stereocenters. The second-order valence-corrected chi connectivity index (χ2v) is 30.6. The highest BCUT2D eigenvalue weighted by Gasteiger charge is 2.49. The van der Waals surface area contributed by atoms with Crippen LogP contribution in [0.5, 0.6) is 23.0 Å². The maximum absolute atomic E-state index is 15.3. The average Bonchev–Trinajstić information content (AvgIpc) is 1.54. The number of furan rings is 2. The van der Waals surface area contributed by atoms with Gasteiger partial charge in [-0.25, -0.2) is 8.78 Å². The Morgan fingerprint density at radius 1 is 0.288 bits per heavy atom. The predicted molar refractivity (Wildman–Crippen MR) is 478 cm³/mol. The number of rotatable bonds is 18. The van der Waals surface area contributed by atoms with Crippen LogP contribution in [0.25, 0.3) is 101 Å². The number of halogens is 2. The molecule has 0 amide bonds. The summed E-state index contributed by atoms with van der Waals surface area (Å²) in [6.45, 7) is 12.3. The summed E-state index contributed by atoms with van der Waals surface area (Å²) in [7, 11) is 0. The first kappa shape index (κ1) is 70.7. The Balaban J connectivity index is 0.655.